The highest BCUT2D eigenvalue weighted by Gasteiger charge is 2.33. The summed E-state index contributed by atoms with van der Waals surface area (Å²) in [4.78, 5) is 2.66. The van der Waals surface area contributed by atoms with Crippen LogP contribution in [0.4, 0.5) is 13.2 Å². The third-order valence-electron chi connectivity index (χ3n) is 3.77. The van der Waals surface area contributed by atoms with Crippen molar-refractivity contribution in [3.63, 3.8) is 0 Å². The van der Waals surface area contributed by atoms with Crippen LogP contribution in [0.1, 0.15) is 32.4 Å². The molecular formula is C16H25Cl2F3N2S. The van der Waals surface area contributed by atoms with Gasteiger partial charge in [-0.25, -0.2) is 0 Å². The molecular weight excluding hydrogens is 380 g/mol. The average molecular weight is 405 g/mol. The van der Waals surface area contributed by atoms with Crippen LogP contribution in [-0.2, 0) is 0 Å². The molecule has 0 amide bonds. The monoisotopic (exact) mass is 404 g/mol. The van der Waals surface area contributed by atoms with E-state index in [2.05, 4.69) is 31.0 Å². The largest absolute Gasteiger partial charge is 0.446 e. The van der Waals surface area contributed by atoms with Gasteiger partial charge in [-0.15, -0.1) is 24.8 Å². The van der Waals surface area contributed by atoms with Crippen molar-refractivity contribution in [2.45, 2.75) is 37.2 Å². The highest BCUT2D eigenvalue weighted by molar-refractivity contribution is 8.00. The first-order chi connectivity index (χ1) is 10.2. The van der Waals surface area contributed by atoms with Gasteiger partial charge < -0.3 is 5.32 Å². The predicted molar refractivity (Wildman–Crippen MR) is 99.5 cm³/mol. The van der Waals surface area contributed by atoms with Crippen LogP contribution < -0.4 is 5.32 Å². The number of nitrogens with zero attached hydrogens (tertiary/aromatic N) is 1. The second-order valence-corrected chi connectivity index (χ2v) is 7.81. The van der Waals surface area contributed by atoms with Crippen molar-refractivity contribution in [2.75, 3.05) is 26.2 Å². The van der Waals surface area contributed by atoms with Gasteiger partial charge in [-0.2, -0.15) is 13.2 Å². The number of halogens is 5. The van der Waals surface area contributed by atoms with Gasteiger partial charge in [-0.3, -0.25) is 4.90 Å². The molecule has 24 heavy (non-hydrogen) atoms. The fourth-order valence-corrected chi connectivity index (χ4v) is 3.59. The van der Waals surface area contributed by atoms with Crippen LogP contribution in [0.2, 0.25) is 0 Å². The second kappa shape index (κ2) is 9.53. The lowest BCUT2D eigenvalue weighted by molar-refractivity contribution is -0.0328. The minimum atomic E-state index is -4.23. The Kier molecular flexibility index (Phi) is 9.47. The number of benzene rings is 1. The van der Waals surface area contributed by atoms with Crippen LogP contribution >= 0.6 is 36.6 Å². The van der Waals surface area contributed by atoms with E-state index in [-0.39, 0.29) is 52.9 Å². The molecule has 1 fully saturated rings. The van der Waals surface area contributed by atoms with E-state index in [0.717, 1.165) is 31.7 Å². The third kappa shape index (κ3) is 7.00. The van der Waals surface area contributed by atoms with Gasteiger partial charge in [0.05, 0.1) is 0 Å². The second-order valence-electron chi connectivity index (χ2n) is 6.67. The lowest BCUT2D eigenvalue weighted by atomic mass is 9.81. The van der Waals surface area contributed by atoms with Crippen molar-refractivity contribution in [3.8, 4) is 0 Å². The molecule has 1 saturated heterocycles. The Hall–Kier alpha value is -0.140. The van der Waals surface area contributed by atoms with Crippen LogP contribution in [0.3, 0.4) is 0 Å². The molecule has 0 unspecified atom stereocenters. The first kappa shape index (κ1) is 23.9. The summed E-state index contributed by atoms with van der Waals surface area (Å²) < 4.78 is 37.3. The maximum atomic E-state index is 12.4. The van der Waals surface area contributed by atoms with E-state index in [1.54, 1.807) is 12.1 Å². The Balaban J connectivity index is 0.00000264. The van der Waals surface area contributed by atoms with Crippen molar-refractivity contribution in [2.24, 2.45) is 5.41 Å². The van der Waals surface area contributed by atoms with Gasteiger partial charge in [-0.05, 0) is 34.9 Å². The molecule has 2 rings (SSSR count). The Labute approximate surface area is 158 Å². The fourth-order valence-electron chi connectivity index (χ4n) is 3.05. The first-order valence-electron chi connectivity index (χ1n) is 7.47. The summed E-state index contributed by atoms with van der Waals surface area (Å²) in [6.45, 7) is 10.4. The van der Waals surface area contributed by atoms with Crippen LogP contribution in [-0.4, -0.2) is 36.6 Å². The molecule has 1 aromatic rings. The van der Waals surface area contributed by atoms with Crippen LogP contribution in [0.25, 0.3) is 0 Å². The third-order valence-corrected chi connectivity index (χ3v) is 4.51. The van der Waals surface area contributed by atoms with Gasteiger partial charge in [-0.1, -0.05) is 32.9 Å². The van der Waals surface area contributed by atoms with Gasteiger partial charge in [0.15, 0.2) is 0 Å². The number of rotatable bonds is 3. The molecule has 1 aliphatic rings. The zero-order valence-corrected chi connectivity index (χ0v) is 16.5. The lowest BCUT2D eigenvalue weighted by Gasteiger charge is -2.42. The molecule has 1 aliphatic heterocycles. The minimum Gasteiger partial charge on any atom is -0.314 e. The quantitative estimate of drug-likeness (QED) is 0.702. The summed E-state index contributed by atoms with van der Waals surface area (Å²) >= 11 is -0.0594. The van der Waals surface area contributed by atoms with Crippen LogP contribution in [0.5, 0.6) is 0 Å². The molecule has 1 atom stereocenters. The van der Waals surface area contributed by atoms with Crippen LogP contribution in [0, 0.1) is 5.41 Å². The van der Waals surface area contributed by atoms with E-state index in [4.69, 9.17) is 0 Å². The summed E-state index contributed by atoms with van der Waals surface area (Å²) in [5.74, 6) is 0. The Morgan fingerprint density at radius 1 is 1.00 bits per heavy atom. The number of piperazine rings is 1. The van der Waals surface area contributed by atoms with Gasteiger partial charge in [0, 0.05) is 37.1 Å². The molecule has 2 nitrogen and oxygen atoms in total. The number of thioether (sulfide) groups is 1. The van der Waals surface area contributed by atoms with Crippen molar-refractivity contribution in [3.05, 3.63) is 29.8 Å². The van der Waals surface area contributed by atoms with E-state index in [1.807, 2.05) is 12.1 Å². The SMILES string of the molecule is CC(C)(C)[C@@H](c1ccc(SC(F)(F)F)cc1)N1CCNCC1.Cl.Cl. The van der Waals surface area contributed by atoms with E-state index in [1.165, 1.54) is 0 Å². The number of hydrogen-bond acceptors (Lipinski definition) is 3. The van der Waals surface area contributed by atoms with E-state index < -0.39 is 5.51 Å². The summed E-state index contributed by atoms with van der Waals surface area (Å²) in [6.07, 6.45) is 0. The molecule has 1 heterocycles. The molecule has 1 N–H and O–H groups in total. The van der Waals surface area contributed by atoms with E-state index >= 15 is 0 Å². The van der Waals surface area contributed by atoms with Crippen molar-refractivity contribution in [1.29, 1.82) is 0 Å². The van der Waals surface area contributed by atoms with Crippen molar-refractivity contribution >= 4 is 36.6 Å². The molecule has 0 aromatic heterocycles. The van der Waals surface area contributed by atoms with Gasteiger partial charge in [0.25, 0.3) is 0 Å². The topological polar surface area (TPSA) is 15.3 Å². The fraction of sp³-hybridized carbons (Fsp3) is 0.625. The smallest absolute Gasteiger partial charge is 0.314 e. The normalized spacial score (nSPS) is 17.6. The van der Waals surface area contributed by atoms with E-state index in [9.17, 15) is 13.2 Å². The summed E-state index contributed by atoms with van der Waals surface area (Å²) in [7, 11) is 0. The maximum Gasteiger partial charge on any atom is 0.446 e. The number of hydrogen-bond donors (Lipinski definition) is 1. The molecule has 0 bridgehead atoms. The van der Waals surface area contributed by atoms with E-state index in [0.29, 0.717) is 0 Å². The Bertz CT molecular complexity index is 484. The highest BCUT2D eigenvalue weighted by atomic mass is 35.5. The summed E-state index contributed by atoms with van der Waals surface area (Å²) in [6, 6.07) is 7.04. The lowest BCUT2D eigenvalue weighted by Crippen LogP contribution is -2.48. The predicted octanol–water partition coefficient (Wildman–Crippen LogP) is 5.13. The van der Waals surface area contributed by atoms with Gasteiger partial charge in [0.2, 0.25) is 0 Å². The molecule has 0 saturated carbocycles. The van der Waals surface area contributed by atoms with Crippen LogP contribution in [0.15, 0.2) is 29.2 Å². The minimum absolute atomic E-state index is 0. The molecule has 0 aliphatic carbocycles. The molecule has 0 spiro atoms. The summed E-state index contributed by atoms with van der Waals surface area (Å²) in [5, 5.41) is 3.34. The number of alkyl halides is 3. The molecule has 140 valence electrons. The highest BCUT2D eigenvalue weighted by Crippen LogP contribution is 2.40. The molecule has 1 aromatic carbocycles. The first-order valence-corrected chi connectivity index (χ1v) is 8.29. The Morgan fingerprint density at radius 3 is 1.92 bits per heavy atom. The number of nitrogens with one attached hydrogen (secondary N) is 1. The van der Waals surface area contributed by atoms with Crippen molar-refractivity contribution in [1.82, 2.24) is 10.2 Å². The zero-order chi connectivity index (χ0) is 16.4. The zero-order valence-electron chi connectivity index (χ0n) is 14.0. The van der Waals surface area contributed by atoms with Gasteiger partial charge >= 0.3 is 5.51 Å². The standard InChI is InChI=1S/C16H23F3N2S.2ClH/c1-15(2,3)14(21-10-8-20-9-11-21)12-4-6-13(7-5-12)22-16(17,18)19;;/h4-7,14,20H,8-11H2,1-3H3;2*1H/t14-;;/m1../s1. The maximum absolute atomic E-state index is 12.4. The average Bonchev–Trinajstić information content (AvgIpc) is 2.39. The van der Waals surface area contributed by atoms with Crippen molar-refractivity contribution < 1.29 is 13.2 Å². The summed E-state index contributed by atoms with van der Waals surface area (Å²) in [5.41, 5.74) is -3.12. The molecule has 0 radical (unpaired) electrons. The Morgan fingerprint density at radius 2 is 1.50 bits per heavy atom. The van der Waals surface area contributed by atoms with Gasteiger partial charge in [0.1, 0.15) is 0 Å². The molecule has 8 heteroatoms.